The Morgan fingerprint density at radius 1 is 1.22 bits per heavy atom. The standard InChI is InChI=1S/C25H25FN4O2/c1-30-15-21(31)13-23-24(30)22(9-10-28-23)17-5-7-18(8-6-17)25(32)29-20(14-27)12-16-3-2-4-19(26)11-16/h2-11,20H,12-15,27H2,1H3,(H,29,32)/t20-/m0/s1. The van der Waals surface area contributed by atoms with Gasteiger partial charge in [0.25, 0.3) is 5.91 Å². The Morgan fingerprint density at radius 2 is 2.00 bits per heavy atom. The van der Waals surface area contributed by atoms with Crippen LogP contribution in [0, 0.1) is 5.82 Å². The van der Waals surface area contributed by atoms with Crippen molar-refractivity contribution >= 4 is 17.4 Å². The molecule has 0 spiro atoms. The van der Waals surface area contributed by atoms with Gasteiger partial charge in [0.2, 0.25) is 0 Å². The van der Waals surface area contributed by atoms with E-state index >= 15 is 0 Å². The predicted molar refractivity (Wildman–Crippen MR) is 122 cm³/mol. The number of hydrogen-bond donors (Lipinski definition) is 2. The lowest BCUT2D eigenvalue weighted by Gasteiger charge is -2.28. The van der Waals surface area contributed by atoms with Crippen LogP contribution in [0.1, 0.15) is 21.6 Å². The second kappa shape index (κ2) is 9.28. The van der Waals surface area contributed by atoms with E-state index in [1.54, 1.807) is 24.4 Å². The van der Waals surface area contributed by atoms with Crippen molar-refractivity contribution in [2.24, 2.45) is 5.73 Å². The molecule has 7 heteroatoms. The molecule has 1 aliphatic heterocycles. The summed E-state index contributed by atoms with van der Waals surface area (Å²) in [6, 6.07) is 15.2. The molecule has 4 rings (SSSR count). The van der Waals surface area contributed by atoms with Gasteiger partial charge in [-0.05, 0) is 47.9 Å². The van der Waals surface area contributed by atoms with E-state index in [4.69, 9.17) is 5.73 Å². The van der Waals surface area contributed by atoms with E-state index in [0.29, 0.717) is 24.9 Å². The fourth-order valence-electron chi connectivity index (χ4n) is 4.08. The molecule has 6 nitrogen and oxygen atoms in total. The third kappa shape index (κ3) is 4.68. The number of rotatable bonds is 6. The van der Waals surface area contributed by atoms with Gasteiger partial charge in [-0.2, -0.15) is 0 Å². The van der Waals surface area contributed by atoms with Crippen LogP contribution >= 0.6 is 0 Å². The molecule has 3 N–H and O–H groups in total. The van der Waals surface area contributed by atoms with Crippen LogP contribution in [0.4, 0.5) is 10.1 Å². The average molecular weight is 432 g/mol. The van der Waals surface area contributed by atoms with Crippen LogP contribution in [0.15, 0.2) is 60.8 Å². The zero-order chi connectivity index (χ0) is 22.7. The van der Waals surface area contributed by atoms with E-state index in [0.717, 1.165) is 28.1 Å². The van der Waals surface area contributed by atoms with Crippen LogP contribution in [0.3, 0.4) is 0 Å². The number of hydrogen-bond acceptors (Lipinski definition) is 5. The van der Waals surface area contributed by atoms with E-state index in [1.165, 1.54) is 12.1 Å². The maximum absolute atomic E-state index is 13.4. The van der Waals surface area contributed by atoms with Gasteiger partial charge >= 0.3 is 0 Å². The molecule has 2 aromatic carbocycles. The Hall–Kier alpha value is -3.58. The lowest BCUT2D eigenvalue weighted by atomic mass is 9.97. The zero-order valence-corrected chi connectivity index (χ0v) is 17.8. The first-order valence-electron chi connectivity index (χ1n) is 10.5. The number of halogens is 1. The molecule has 0 saturated carbocycles. The van der Waals surface area contributed by atoms with Crippen molar-refractivity contribution < 1.29 is 14.0 Å². The molecular formula is C25H25FN4O2. The number of nitrogens with zero attached hydrogens (tertiary/aromatic N) is 2. The summed E-state index contributed by atoms with van der Waals surface area (Å²) in [5.74, 6) is -0.402. The van der Waals surface area contributed by atoms with Crippen molar-refractivity contribution in [1.82, 2.24) is 10.3 Å². The SMILES string of the molecule is CN1CC(=O)Cc2nccc(-c3ccc(C(=O)N[C@H](CN)Cc4cccc(F)c4)cc3)c21. The van der Waals surface area contributed by atoms with Crippen molar-refractivity contribution in [2.45, 2.75) is 18.9 Å². The van der Waals surface area contributed by atoms with Gasteiger partial charge in [-0.15, -0.1) is 0 Å². The van der Waals surface area contributed by atoms with Crippen LogP contribution in [0.2, 0.25) is 0 Å². The summed E-state index contributed by atoms with van der Waals surface area (Å²) in [5.41, 5.74) is 10.8. The highest BCUT2D eigenvalue weighted by molar-refractivity contribution is 5.96. The quantitative estimate of drug-likeness (QED) is 0.625. The predicted octanol–water partition coefficient (Wildman–Crippen LogP) is 2.75. The lowest BCUT2D eigenvalue weighted by molar-refractivity contribution is -0.117. The topological polar surface area (TPSA) is 88.3 Å². The Labute approximate surface area is 186 Å². The normalized spacial score (nSPS) is 14.1. The van der Waals surface area contributed by atoms with Crippen molar-refractivity contribution in [1.29, 1.82) is 0 Å². The van der Waals surface area contributed by atoms with Crippen molar-refractivity contribution in [3.05, 3.63) is 83.4 Å². The van der Waals surface area contributed by atoms with Gasteiger partial charge in [-0.1, -0.05) is 24.3 Å². The molecule has 0 bridgehead atoms. The third-order valence-corrected chi connectivity index (χ3v) is 5.61. The number of likely N-dealkylation sites (N-methyl/N-ethyl adjacent to an activating group) is 1. The number of nitrogens with one attached hydrogen (secondary N) is 1. The highest BCUT2D eigenvalue weighted by Gasteiger charge is 2.24. The molecule has 3 aromatic rings. The number of nitrogens with two attached hydrogens (primary N) is 1. The fourth-order valence-corrected chi connectivity index (χ4v) is 4.08. The van der Waals surface area contributed by atoms with Crippen LogP contribution in [-0.2, 0) is 17.6 Å². The molecule has 1 atom stereocenters. The molecule has 0 radical (unpaired) electrons. The third-order valence-electron chi connectivity index (χ3n) is 5.61. The molecule has 0 saturated heterocycles. The van der Waals surface area contributed by atoms with Crippen molar-refractivity contribution in [3.8, 4) is 11.1 Å². The molecular weight excluding hydrogens is 407 g/mol. The summed E-state index contributed by atoms with van der Waals surface area (Å²) in [6.07, 6.45) is 2.49. The number of pyridine rings is 1. The van der Waals surface area contributed by atoms with E-state index in [-0.39, 0.29) is 30.1 Å². The van der Waals surface area contributed by atoms with Crippen LogP contribution in [-0.4, -0.2) is 42.9 Å². The van der Waals surface area contributed by atoms with Crippen LogP contribution in [0.25, 0.3) is 11.1 Å². The fraction of sp³-hybridized carbons (Fsp3) is 0.240. The maximum Gasteiger partial charge on any atom is 0.251 e. The van der Waals surface area contributed by atoms with Gasteiger partial charge in [0, 0.05) is 37.0 Å². The van der Waals surface area contributed by atoms with Crippen LogP contribution in [0.5, 0.6) is 0 Å². The molecule has 1 amide bonds. The Morgan fingerprint density at radius 3 is 2.72 bits per heavy atom. The molecule has 32 heavy (non-hydrogen) atoms. The summed E-state index contributed by atoms with van der Waals surface area (Å²) in [6.45, 7) is 0.604. The molecule has 1 aromatic heterocycles. The van der Waals surface area contributed by atoms with E-state index in [1.807, 2.05) is 36.2 Å². The number of Topliss-reactive ketones (excluding diaryl/α,β-unsaturated/α-hetero) is 1. The van der Waals surface area contributed by atoms with Gasteiger partial charge in [0.15, 0.2) is 5.78 Å². The van der Waals surface area contributed by atoms with Gasteiger partial charge in [0.1, 0.15) is 5.82 Å². The monoisotopic (exact) mass is 432 g/mol. The number of fused-ring (bicyclic) bond motifs is 1. The molecule has 0 aliphatic carbocycles. The Kier molecular flexibility index (Phi) is 6.28. The maximum atomic E-state index is 13.4. The summed E-state index contributed by atoms with van der Waals surface area (Å²) in [5, 5.41) is 2.93. The first-order valence-corrected chi connectivity index (χ1v) is 10.5. The highest BCUT2D eigenvalue weighted by Crippen LogP contribution is 2.34. The molecule has 164 valence electrons. The minimum Gasteiger partial charge on any atom is -0.365 e. The van der Waals surface area contributed by atoms with E-state index in [9.17, 15) is 14.0 Å². The minimum atomic E-state index is -0.312. The number of benzene rings is 2. The second-order valence-electron chi connectivity index (χ2n) is 8.04. The largest absolute Gasteiger partial charge is 0.365 e. The summed E-state index contributed by atoms with van der Waals surface area (Å²) in [4.78, 5) is 30.9. The van der Waals surface area contributed by atoms with Crippen molar-refractivity contribution in [3.63, 3.8) is 0 Å². The van der Waals surface area contributed by atoms with Crippen LogP contribution < -0.4 is 16.0 Å². The first-order chi connectivity index (χ1) is 15.4. The molecule has 0 unspecified atom stereocenters. The number of amides is 1. The minimum absolute atomic E-state index is 0.143. The van der Waals surface area contributed by atoms with Gasteiger partial charge in [-0.25, -0.2) is 4.39 Å². The number of aromatic nitrogens is 1. The lowest BCUT2D eigenvalue weighted by Crippen LogP contribution is -2.41. The highest BCUT2D eigenvalue weighted by atomic mass is 19.1. The Bertz CT molecular complexity index is 1150. The average Bonchev–Trinajstić information content (AvgIpc) is 2.78. The van der Waals surface area contributed by atoms with E-state index in [2.05, 4.69) is 10.3 Å². The zero-order valence-electron chi connectivity index (χ0n) is 17.8. The molecule has 0 fully saturated rings. The van der Waals surface area contributed by atoms with Crippen molar-refractivity contribution in [2.75, 3.05) is 25.0 Å². The summed E-state index contributed by atoms with van der Waals surface area (Å²) < 4.78 is 13.4. The smallest absolute Gasteiger partial charge is 0.251 e. The summed E-state index contributed by atoms with van der Waals surface area (Å²) >= 11 is 0. The molecule has 2 heterocycles. The number of carbonyl (C=O) groups excluding carboxylic acids is 2. The van der Waals surface area contributed by atoms with Gasteiger partial charge in [0.05, 0.1) is 24.3 Å². The second-order valence-corrected chi connectivity index (χ2v) is 8.04. The van der Waals surface area contributed by atoms with Gasteiger partial charge in [-0.3, -0.25) is 14.6 Å². The number of ketones is 1. The Balaban J connectivity index is 1.50. The van der Waals surface area contributed by atoms with Gasteiger partial charge < -0.3 is 16.0 Å². The first kappa shape index (κ1) is 21.6. The molecule has 1 aliphatic rings. The number of carbonyl (C=O) groups is 2. The number of anilines is 1. The summed E-state index contributed by atoms with van der Waals surface area (Å²) in [7, 11) is 1.88. The van der Waals surface area contributed by atoms with E-state index < -0.39 is 0 Å².